The Kier molecular flexibility index (Phi) is 6.93. The van der Waals surface area contributed by atoms with Crippen LogP contribution in [0.4, 0.5) is 10.5 Å². The van der Waals surface area contributed by atoms with Crippen LogP contribution in [0.2, 0.25) is 0 Å². The Balaban J connectivity index is 1.41. The largest absolute Gasteiger partial charge is 0.457 e. The highest BCUT2D eigenvalue weighted by Crippen LogP contribution is 2.37. The number of aromatic nitrogens is 1. The van der Waals surface area contributed by atoms with Gasteiger partial charge in [0.2, 0.25) is 0 Å². The molecule has 6 nitrogen and oxygen atoms in total. The van der Waals surface area contributed by atoms with E-state index in [9.17, 15) is 9.59 Å². The number of carbonyl (C=O) groups excluding carboxylic acids is 2. The van der Waals surface area contributed by atoms with E-state index >= 15 is 0 Å². The number of anilines is 1. The number of amides is 3. The van der Waals surface area contributed by atoms with Gasteiger partial charge in [0.15, 0.2) is 0 Å². The summed E-state index contributed by atoms with van der Waals surface area (Å²) in [7, 11) is 0. The van der Waals surface area contributed by atoms with Crippen LogP contribution < -0.4 is 9.64 Å². The molecule has 1 saturated heterocycles. The van der Waals surface area contributed by atoms with Crippen LogP contribution in [-0.2, 0) is 11.3 Å². The zero-order valence-electron chi connectivity index (χ0n) is 22.2. The van der Waals surface area contributed by atoms with Crippen molar-refractivity contribution in [3.8, 4) is 16.3 Å². The smallest absolute Gasteiger partial charge is 0.332 e. The lowest BCUT2D eigenvalue weighted by Gasteiger charge is -2.28. The molecule has 1 aliphatic heterocycles. The van der Waals surface area contributed by atoms with Crippen molar-refractivity contribution in [1.29, 1.82) is 0 Å². The molecule has 0 radical (unpaired) electrons. The maximum absolute atomic E-state index is 13.7. The number of nitrogens with zero attached hydrogens (tertiary/aromatic N) is 3. The average molecular weight is 536 g/mol. The number of aryl methyl sites for hydroxylation is 1. The molecule has 0 spiro atoms. The summed E-state index contributed by atoms with van der Waals surface area (Å²) >= 11 is 1.62. The molecule has 196 valence electrons. The maximum atomic E-state index is 13.7. The summed E-state index contributed by atoms with van der Waals surface area (Å²) in [5, 5.41) is 0.893. The minimum Gasteiger partial charge on any atom is -0.457 e. The number of carbonyl (C=O) groups is 2. The standard InChI is InChI=1S/C32H29N3O3S/c1-6-10-25(7-2)38-27-12-9-8-11-23(27)20-34-31(37)35(30(36)32(34,4)5)24-16-14-22(15-17-24)29-33-26-18-13-21(3)19-28(26)39-29/h6-19H,1-2,20H2,3-5H3. The van der Waals surface area contributed by atoms with Crippen LogP contribution >= 0.6 is 11.3 Å². The van der Waals surface area contributed by atoms with Crippen molar-refractivity contribution in [2.75, 3.05) is 4.90 Å². The lowest BCUT2D eigenvalue weighted by Crippen LogP contribution is -2.43. The summed E-state index contributed by atoms with van der Waals surface area (Å²) in [6.45, 7) is 13.3. The summed E-state index contributed by atoms with van der Waals surface area (Å²) in [5.74, 6) is 0.827. The average Bonchev–Trinajstić information content (AvgIpc) is 3.41. The highest BCUT2D eigenvalue weighted by atomic mass is 32.1. The fraction of sp³-hybridized carbons (Fsp3) is 0.156. The number of thiazole rings is 1. The number of hydrogen-bond donors (Lipinski definition) is 0. The highest BCUT2D eigenvalue weighted by molar-refractivity contribution is 7.21. The van der Waals surface area contributed by atoms with Crippen LogP contribution in [0.25, 0.3) is 20.8 Å². The number of urea groups is 1. The summed E-state index contributed by atoms with van der Waals surface area (Å²) in [5.41, 5.74) is 3.32. The molecule has 1 fully saturated rings. The lowest BCUT2D eigenvalue weighted by atomic mass is 10.0. The number of benzene rings is 3. The van der Waals surface area contributed by atoms with Gasteiger partial charge in [-0.1, -0.05) is 43.5 Å². The van der Waals surface area contributed by atoms with Crippen LogP contribution in [0.5, 0.6) is 5.75 Å². The van der Waals surface area contributed by atoms with Gasteiger partial charge in [-0.3, -0.25) is 4.79 Å². The molecule has 7 heteroatoms. The molecule has 4 aromatic rings. The predicted octanol–water partition coefficient (Wildman–Crippen LogP) is 7.65. The monoisotopic (exact) mass is 535 g/mol. The number of hydrogen-bond acceptors (Lipinski definition) is 5. The van der Waals surface area contributed by atoms with Crippen molar-refractivity contribution in [2.45, 2.75) is 32.9 Å². The summed E-state index contributed by atoms with van der Waals surface area (Å²) in [6, 6.07) is 20.7. The van der Waals surface area contributed by atoms with Gasteiger partial charge in [0.05, 0.1) is 22.4 Å². The molecule has 0 unspecified atom stereocenters. The number of allylic oxidation sites excluding steroid dienone is 3. The van der Waals surface area contributed by atoms with Crippen LogP contribution in [0.15, 0.2) is 104 Å². The second-order valence-corrected chi connectivity index (χ2v) is 10.9. The molecule has 5 rings (SSSR count). The van der Waals surface area contributed by atoms with Gasteiger partial charge >= 0.3 is 6.03 Å². The Bertz CT molecular complexity index is 1630. The maximum Gasteiger partial charge on any atom is 0.332 e. The number of fused-ring (bicyclic) bond motifs is 1. The summed E-state index contributed by atoms with van der Waals surface area (Å²) in [4.78, 5) is 34.8. The van der Waals surface area contributed by atoms with E-state index in [4.69, 9.17) is 9.72 Å². The molecule has 3 amide bonds. The van der Waals surface area contributed by atoms with E-state index in [0.29, 0.717) is 17.2 Å². The van der Waals surface area contributed by atoms with E-state index in [2.05, 4.69) is 26.1 Å². The Hall–Kier alpha value is -4.49. The molecule has 1 aliphatic rings. The van der Waals surface area contributed by atoms with Crippen LogP contribution in [0.3, 0.4) is 0 Å². The molecule has 0 aliphatic carbocycles. The van der Waals surface area contributed by atoms with E-state index in [0.717, 1.165) is 26.4 Å². The third-order valence-corrected chi connectivity index (χ3v) is 7.82. The zero-order valence-corrected chi connectivity index (χ0v) is 23.0. The van der Waals surface area contributed by atoms with Crippen molar-refractivity contribution >= 4 is 39.2 Å². The van der Waals surface area contributed by atoms with Crippen molar-refractivity contribution < 1.29 is 14.3 Å². The molecule has 0 bridgehead atoms. The first-order chi connectivity index (χ1) is 18.7. The van der Waals surface area contributed by atoms with Crippen molar-refractivity contribution in [3.63, 3.8) is 0 Å². The molecule has 2 heterocycles. The molecule has 0 saturated carbocycles. The van der Waals surface area contributed by atoms with Gasteiger partial charge in [-0.15, -0.1) is 11.3 Å². The Morgan fingerprint density at radius 2 is 1.79 bits per heavy atom. The number of para-hydroxylation sites is 1. The fourth-order valence-electron chi connectivity index (χ4n) is 4.53. The van der Waals surface area contributed by atoms with E-state index in [1.807, 2.05) is 48.5 Å². The van der Waals surface area contributed by atoms with Crippen LogP contribution in [0, 0.1) is 6.92 Å². The SMILES string of the molecule is C=CC=C(C=C)Oc1ccccc1CN1C(=O)N(c2ccc(-c3nc4ccc(C)cc4s3)cc2)C(=O)C1(C)C. The third kappa shape index (κ3) is 4.89. The van der Waals surface area contributed by atoms with E-state index < -0.39 is 5.54 Å². The number of ether oxygens (including phenoxy) is 1. The normalized spacial score (nSPS) is 15.2. The van der Waals surface area contributed by atoms with E-state index in [1.54, 1.807) is 60.4 Å². The van der Waals surface area contributed by atoms with E-state index in [-0.39, 0.29) is 18.5 Å². The van der Waals surface area contributed by atoms with Crippen LogP contribution in [0.1, 0.15) is 25.0 Å². The lowest BCUT2D eigenvalue weighted by molar-refractivity contribution is -0.123. The van der Waals surface area contributed by atoms with Crippen molar-refractivity contribution in [2.24, 2.45) is 0 Å². The molecule has 0 atom stereocenters. The third-order valence-electron chi connectivity index (χ3n) is 6.75. The number of imide groups is 1. The Morgan fingerprint density at radius 3 is 2.51 bits per heavy atom. The summed E-state index contributed by atoms with van der Waals surface area (Å²) < 4.78 is 7.13. The van der Waals surface area contributed by atoms with Gasteiger partial charge in [0.1, 0.15) is 22.1 Å². The molecular formula is C32H29N3O3S. The predicted molar refractivity (Wildman–Crippen MR) is 158 cm³/mol. The first-order valence-corrected chi connectivity index (χ1v) is 13.4. The fourth-order valence-corrected chi connectivity index (χ4v) is 5.60. The zero-order chi connectivity index (χ0) is 27.7. The molecule has 1 aromatic heterocycles. The van der Waals surface area contributed by atoms with Gasteiger partial charge in [-0.25, -0.2) is 14.7 Å². The van der Waals surface area contributed by atoms with Crippen molar-refractivity contribution in [3.05, 3.63) is 115 Å². The first-order valence-electron chi connectivity index (χ1n) is 12.6. The minimum atomic E-state index is -1.05. The quantitative estimate of drug-likeness (QED) is 0.132. The topological polar surface area (TPSA) is 62.7 Å². The second-order valence-electron chi connectivity index (χ2n) is 9.82. The molecular weight excluding hydrogens is 506 g/mol. The molecule has 0 N–H and O–H groups in total. The molecule has 3 aromatic carbocycles. The Labute approximate surface area is 232 Å². The Morgan fingerprint density at radius 1 is 1.05 bits per heavy atom. The molecule has 39 heavy (non-hydrogen) atoms. The van der Waals surface area contributed by atoms with Crippen LogP contribution in [-0.4, -0.2) is 27.4 Å². The van der Waals surface area contributed by atoms with Gasteiger partial charge in [0, 0.05) is 11.1 Å². The highest BCUT2D eigenvalue weighted by Gasteiger charge is 2.51. The second kappa shape index (κ2) is 10.3. The van der Waals surface area contributed by atoms with Gasteiger partial charge in [-0.2, -0.15) is 0 Å². The minimum absolute atomic E-state index is 0.200. The number of rotatable bonds is 8. The van der Waals surface area contributed by atoms with Gasteiger partial charge in [-0.05, 0) is 81.0 Å². The first kappa shape index (κ1) is 26.1. The van der Waals surface area contributed by atoms with E-state index in [1.165, 1.54) is 10.5 Å². The van der Waals surface area contributed by atoms with Gasteiger partial charge in [0.25, 0.3) is 5.91 Å². The van der Waals surface area contributed by atoms with Crippen molar-refractivity contribution in [1.82, 2.24) is 9.88 Å². The van der Waals surface area contributed by atoms with Gasteiger partial charge < -0.3 is 9.64 Å². The summed E-state index contributed by atoms with van der Waals surface area (Å²) in [6.07, 6.45) is 4.92.